The number of primary amides is 2. The van der Waals surface area contributed by atoms with E-state index in [-0.39, 0.29) is 54.0 Å². The number of ether oxygens (including phenoxy) is 6. The summed E-state index contributed by atoms with van der Waals surface area (Å²) in [5.41, 5.74) is 12.7. The summed E-state index contributed by atoms with van der Waals surface area (Å²) < 4.78 is 39.5. The van der Waals surface area contributed by atoms with Gasteiger partial charge in [0.15, 0.2) is 23.9 Å². The number of rotatable bonds is 19. The Hall–Kier alpha value is -12.4. The molecule has 670 valence electrons. The van der Waals surface area contributed by atoms with Crippen LogP contribution in [0.2, 0.25) is 10.0 Å². The lowest BCUT2D eigenvalue weighted by Gasteiger charge is -2.48. The first-order valence-electron chi connectivity index (χ1n) is 39.8. The number of aromatic hydroxyl groups is 3. The summed E-state index contributed by atoms with van der Waals surface area (Å²) in [5.74, 6) is -19.7. The van der Waals surface area contributed by atoms with Gasteiger partial charge < -0.3 is 134 Å². The number of anilines is 1. The number of benzene rings is 7. The Morgan fingerprint density at radius 1 is 0.651 bits per heavy atom. The highest BCUT2D eigenvalue weighted by Gasteiger charge is 2.52. The van der Waals surface area contributed by atoms with Crippen LogP contribution in [0.3, 0.4) is 0 Å². The van der Waals surface area contributed by atoms with E-state index < -0.39 is 259 Å². The third-order valence-corrected chi connectivity index (χ3v) is 22.6. The van der Waals surface area contributed by atoms with Crippen molar-refractivity contribution in [2.24, 2.45) is 17.4 Å². The molecule has 7 aromatic carbocycles. The van der Waals surface area contributed by atoms with Crippen LogP contribution in [0.5, 0.6) is 46.0 Å². The monoisotopic (exact) mass is 1780 g/mol. The van der Waals surface area contributed by atoms with Gasteiger partial charge in [-0.3, -0.25) is 63.6 Å². The lowest BCUT2D eigenvalue weighted by Crippen LogP contribution is -2.65. The third-order valence-electron chi connectivity index (χ3n) is 22.0. The number of carbonyl (C=O) groups excluding carboxylic acids is 11. The smallest absolute Gasteiger partial charge is 0.327 e. The maximum Gasteiger partial charge on any atom is 0.327 e. The molecule has 11 amide bonds. The van der Waals surface area contributed by atoms with Crippen LogP contribution in [0.25, 0.3) is 11.1 Å². The number of phenols is 3. The maximum absolute atomic E-state index is 16.3. The normalized spacial score (nSPS) is 25.8. The molecule has 0 aromatic heterocycles. The number of hydrogen-bond acceptors (Lipinski definition) is 28. The van der Waals surface area contributed by atoms with E-state index >= 15 is 24.0 Å². The first kappa shape index (κ1) is 92.8. The molecule has 0 aliphatic carbocycles. The Labute approximate surface area is 728 Å². The fraction of sp³-hybridized carbons (Fsp3) is 0.376. The van der Waals surface area contributed by atoms with Crippen molar-refractivity contribution in [3.63, 3.8) is 0 Å². The van der Waals surface area contributed by atoms with E-state index in [0.717, 1.165) is 72.3 Å². The summed E-state index contributed by atoms with van der Waals surface area (Å²) in [5, 5.41) is 130. The molecule has 11 bridgehead atoms. The minimum absolute atomic E-state index is 0.110. The van der Waals surface area contributed by atoms with Gasteiger partial charge in [0.2, 0.25) is 53.4 Å². The van der Waals surface area contributed by atoms with Gasteiger partial charge >= 0.3 is 11.8 Å². The molecule has 7 aromatic rings. The average Bonchev–Trinajstić information content (AvgIpc) is 0.765. The second kappa shape index (κ2) is 39.0. The van der Waals surface area contributed by atoms with Gasteiger partial charge in [-0.15, -0.1) is 0 Å². The van der Waals surface area contributed by atoms with Crippen LogP contribution in [-0.2, 0) is 68.7 Å². The topological polar surface area (TPSA) is 610 Å². The Morgan fingerprint density at radius 2 is 1.27 bits per heavy atom. The fourth-order valence-electron chi connectivity index (χ4n) is 15.1. The number of nitrogens with one attached hydrogen (secondary N) is 11. The van der Waals surface area contributed by atoms with E-state index in [4.69, 9.17) is 63.1 Å². The van der Waals surface area contributed by atoms with Crippen LogP contribution in [0.4, 0.5) is 5.69 Å². The lowest BCUT2D eigenvalue weighted by atomic mass is 9.84. The summed E-state index contributed by atoms with van der Waals surface area (Å²) in [7, 11) is 1.46. The van der Waals surface area contributed by atoms with E-state index in [0.29, 0.717) is 16.8 Å². The van der Waals surface area contributed by atoms with Crippen molar-refractivity contribution < 1.29 is 127 Å². The van der Waals surface area contributed by atoms with E-state index in [9.17, 15) is 74.7 Å². The predicted octanol–water partition coefficient (Wildman–Crippen LogP) is 1.86. The zero-order chi connectivity index (χ0) is 91.4. The number of likely N-dealkylation sites (N-methyl/N-ethyl adjacent to an activating group) is 1. The maximum atomic E-state index is 16.3. The molecular formula is C85H95Cl2N13O26. The number of fused-ring (bicyclic) bond motifs is 15. The van der Waals surface area contributed by atoms with E-state index in [1.807, 2.05) is 45.3 Å². The molecule has 0 spiro atoms. The first-order chi connectivity index (χ1) is 59.7. The Kier molecular flexibility index (Phi) is 28.8. The first-order valence-corrected chi connectivity index (χ1v) is 40.6. The van der Waals surface area contributed by atoms with Gasteiger partial charge in [0.05, 0.1) is 41.3 Å². The van der Waals surface area contributed by atoms with Crippen LogP contribution < -0.4 is 84.4 Å². The van der Waals surface area contributed by atoms with E-state index in [1.165, 1.54) is 26.1 Å². The van der Waals surface area contributed by atoms with Crippen molar-refractivity contribution in [2.75, 3.05) is 19.0 Å². The highest BCUT2D eigenvalue weighted by atomic mass is 35.5. The molecule has 7 heterocycles. The van der Waals surface area contributed by atoms with Gasteiger partial charge in [0.1, 0.15) is 95.5 Å². The van der Waals surface area contributed by atoms with Gasteiger partial charge in [-0.25, -0.2) is 0 Å². The molecule has 0 saturated carbocycles. The molecule has 18 atom stereocenters. The van der Waals surface area contributed by atoms with Crippen LogP contribution in [-0.4, -0.2) is 204 Å². The average molecular weight is 1790 g/mol. The number of halogens is 2. The highest BCUT2D eigenvalue weighted by molar-refractivity contribution is 6.34. The van der Waals surface area contributed by atoms with Crippen molar-refractivity contribution in [3.05, 3.63) is 182 Å². The number of aliphatic hydroxyl groups is 6. The number of hydrogen-bond donors (Lipinski definition) is 22. The largest absolute Gasteiger partial charge is 0.508 e. The molecule has 2 saturated heterocycles. The molecule has 126 heavy (non-hydrogen) atoms. The molecule has 7 aliphatic heterocycles. The van der Waals surface area contributed by atoms with E-state index in [1.54, 1.807) is 48.7 Å². The van der Waals surface area contributed by atoms with Crippen LogP contribution >= 0.6 is 23.2 Å². The molecule has 7 aliphatic rings. The van der Waals surface area contributed by atoms with Crippen molar-refractivity contribution in [2.45, 2.75) is 183 Å². The van der Waals surface area contributed by atoms with Crippen LogP contribution in [0.1, 0.15) is 146 Å². The number of phenolic OH excluding ortho intramolecular Hbond substituents is 3. The summed E-state index contributed by atoms with van der Waals surface area (Å²) in [6.45, 7) is 10.0. The van der Waals surface area contributed by atoms with Crippen LogP contribution in [0.15, 0.2) is 127 Å². The Morgan fingerprint density at radius 3 is 1.87 bits per heavy atom. The molecule has 16 unspecified atom stereocenters. The number of amides is 11. The molecule has 0 radical (unpaired) electrons. The Balaban J connectivity index is 1.01. The van der Waals surface area contributed by atoms with Gasteiger partial charge in [0, 0.05) is 46.9 Å². The third kappa shape index (κ3) is 20.8. The second-order valence-corrected chi connectivity index (χ2v) is 32.7. The molecule has 39 nitrogen and oxygen atoms in total. The molecule has 24 N–H and O–H groups in total. The van der Waals surface area contributed by atoms with Crippen molar-refractivity contribution >= 4 is 93.9 Å². The number of nitrogens with two attached hydrogens (primary N) is 2. The minimum Gasteiger partial charge on any atom is -0.508 e. The molecule has 2 fully saturated rings. The zero-order valence-corrected chi connectivity index (χ0v) is 70.0. The molecule has 41 heteroatoms. The minimum atomic E-state index is -2.42. The van der Waals surface area contributed by atoms with E-state index in [2.05, 4.69) is 47.9 Å². The van der Waals surface area contributed by atoms with Crippen LogP contribution in [0, 0.1) is 5.92 Å². The summed E-state index contributed by atoms with van der Waals surface area (Å²) in [6.07, 6.45) is -19.3. The highest BCUT2D eigenvalue weighted by Crippen LogP contribution is 2.50. The van der Waals surface area contributed by atoms with Crippen molar-refractivity contribution in [1.29, 1.82) is 0 Å². The number of aliphatic hydroxyl groups excluding tert-OH is 6. The fourth-order valence-corrected chi connectivity index (χ4v) is 15.6. The molecule has 14 rings (SSSR count). The summed E-state index contributed by atoms with van der Waals surface area (Å²) in [6, 6.07) is 12.7. The summed E-state index contributed by atoms with van der Waals surface area (Å²) in [4.78, 5) is 158. The Bertz CT molecular complexity index is 5360. The summed E-state index contributed by atoms with van der Waals surface area (Å²) >= 11 is 14.4. The quantitative estimate of drug-likeness (QED) is 0.0406. The van der Waals surface area contributed by atoms with Crippen molar-refractivity contribution in [1.82, 2.24) is 53.4 Å². The zero-order valence-electron chi connectivity index (χ0n) is 68.5. The van der Waals surface area contributed by atoms with Crippen molar-refractivity contribution in [3.8, 4) is 57.1 Å². The van der Waals surface area contributed by atoms with Gasteiger partial charge in [-0.2, -0.15) is 0 Å². The van der Waals surface area contributed by atoms with Gasteiger partial charge in [-0.05, 0) is 157 Å². The standard InChI is InChI=1S/C85H95Cl2N13O26/c1-34(2)22-50(90-7)76(113)97-65-67(106)41-15-20-54(48(86)24-41)122-56-26-43-27-57(71(56)126-84-72(70(109)69(108)58(33-101)124-84)125-60-31-85(6,73(110)36(5)121-60)91-32-37-8-17-44(18-9-37)92-75(112)39-12-10-38(11-13-39)35(3)4)123-55-21-16-42(25-49(55)87)68(107)66-81(118)96-64(82(119)99-100-83(120)74(89)111)47-28-45(102)29-53(104)61(47)46-23-40(14-19-52(46)103)62(78(115)98-66)95-79(116)63(43)94-77(114)51(30-59(88)105)93-80(65)117/h8-21,23-29,34-36,50-51,58,60,62-70,72-73,84,90-91,101-104,106-110H,22,30-33H2,1-7H3,(H2,88,105)(H2,89,111)(H,92,112)(H,93,117)(H,94,114)(H,95,116)(H,96,118)(H,97,113)(H,98,115)(H,99,119)(H,100,120)/t36?,50?,51?,58?,60?,62?,63?,64-,65?,66?,67?,68?,69?,70?,72?,73?,84?,85-/m1/s1. The number of hydrazine groups is 1. The lowest BCUT2D eigenvalue weighted by molar-refractivity contribution is -0.334. The van der Waals surface area contributed by atoms with Gasteiger partial charge in [-0.1, -0.05) is 93.4 Å². The predicted molar refractivity (Wildman–Crippen MR) is 445 cm³/mol. The number of carbonyl (C=O) groups is 11. The molecular weight excluding hydrogens is 1690 g/mol. The SMILES string of the molecule is CNC(CC(C)C)C(=O)NC1C(=O)NC(CC(N)=O)C(=O)NC2C(=O)NC3C(=O)NC(C(=O)N[C@@H](C(=O)NNC(=O)C(N)=O)c4cc(O)cc(O)c4-c4cc3ccc4O)C(O)c3ccc(c(Cl)c3)Oc3cc2cc(c3OC2OC(CO)C(O)C(O)C2OC2C[C@@](C)(NCc3ccc(NC(=O)c4ccc(C(C)C)cc4)cc3)C(O)C(C)O2)Oc2ccc(cc2Cl)C1O. The second-order valence-electron chi connectivity index (χ2n) is 31.9. The van der Waals surface area contributed by atoms with Gasteiger partial charge in [0.25, 0.3) is 11.8 Å².